The van der Waals surface area contributed by atoms with Crippen molar-refractivity contribution < 1.29 is 28.2 Å². The minimum Gasteiger partial charge on any atom is -0.481 e. The molecule has 0 aliphatic rings. The van der Waals surface area contributed by atoms with E-state index in [-0.39, 0.29) is 23.7 Å². The molecule has 1 amide bonds. The molecular weight excluding hydrogens is 304 g/mol. The first-order valence-electron chi connectivity index (χ1n) is 6.33. The predicted molar refractivity (Wildman–Crippen MR) is 74.1 cm³/mol. The number of nitrogens with zero attached hydrogens (tertiary/aromatic N) is 1. The fraction of sp³-hybridized carbons (Fsp3) is 0.538. The van der Waals surface area contributed by atoms with E-state index in [1.807, 2.05) is 0 Å². The van der Waals surface area contributed by atoms with Crippen molar-refractivity contribution in [3.05, 3.63) is 15.8 Å². The van der Waals surface area contributed by atoms with Gasteiger partial charge >= 0.3 is 12.6 Å². The van der Waals surface area contributed by atoms with Gasteiger partial charge in [0.05, 0.1) is 5.92 Å². The number of hydrogen-bond donors (Lipinski definition) is 1. The topological polar surface area (TPSA) is 66.8 Å². The summed E-state index contributed by atoms with van der Waals surface area (Å²) in [4.78, 5) is 25.3. The van der Waals surface area contributed by atoms with Gasteiger partial charge in [0, 0.05) is 18.0 Å². The molecule has 0 spiro atoms. The zero-order valence-corrected chi connectivity index (χ0v) is 12.7. The van der Waals surface area contributed by atoms with Crippen molar-refractivity contribution in [3.8, 4) is 5.75 Å². The molecule has 0 radical (unpaired) electrons. The second-order valence-corrected chi connectivity index (χ2v) is 5.77. The third kappa shape index (κ3) is 4.66. The van der Waals surface area contributed by atoms with E-state index in [0.29, 0.717) is 4.88 Å². The minimum absolute atomic E-state index is 0.00966. The number of alkyl halides is 2. The van der Waals surface area contributed by atoms with Crippen molar-refractivity contribution in [2.45, 2.75) is 27.4 Å². The summed E-state index contributed by atoms with van der Waals surface area (Å²) < 4.78 is 29.1. The largest absolute Gasteiger partial charge is 0.481 e. The van der Waals surface area contributed by atoms with Crippen LogP contribution in [0.15, 0.2) is 6.07 Å². The van der Waals surface area contributed by atoms with Gasteiger partial charge in [-0.15, -0.1) is 11.3 Å². The molecule has 21 heavy (non-hydrogen) atoms. The highest BCUT2D eigenvalue weighted by Gasteiger charge is 2.25. The van der Waals surface area contributed by atoms with Gasteiger partial charge < -0.3 is 14.7 Å². The Morgan fingerprint density at radius 3 is 2.57 bits per heavy atom. The molecule has 0 bridgehead atoms. The van der Waals surface area contributed by atoms with Gasteiger partial charge in [-0.1, -0.05) is 6.92 Å². The summed E-state index contributed by atoms with van der Waals surface area (Å²) in [5.41, 5.74) is 0. The maximum absolute atomic E-state index is 12.4. The maximum atomic E-state index is 12.4. The van der Waals surface area contributed by atoms with E-state index in [4.69, 9.17) is 5.11 Å². The minimum atomic E-state index is -3.02. The van der Waals surface area contributed by atoms with Crippen LogP contribution in [0, 0.1) is 12.8 Å². The van der Waals surface area contributed by atoms with Crippen molar-refractivity contribution in [1.29, 1.82) is 0 Å². The van der Waals surface area contributed by atoms with Crippen LogP contribution in [-0.4, -0.2) is 41.6 Å². The average Bonchev–Trinajstić information content (AvgIpc) is 2.74. The van der Waals surface area contributed by atoms with Crippen LogP contribution in [0.1, 0.15) is 28.4 Å². The molecule has 1 rings (SSSR count). The van der Waals surface area contributed by atoms with Gasteiger partial charge in [-0.05, 0) is 19.9 Å². The van der Waals surface area contributed by atoms with Gasteiger partial charge in [0.1, 0.15) is 10.6 Å². The summed E-state index contributed by atoms with van der Waals surface area (Å²) in [5.74, 6) is -2.43. The lowest BCUT2D eigenvalue weighted by Crippen LogP contribution is -2.36. The van der Waals surface area contributed by atoms with E-state index in [1.165, 1.54) is 17.9 Å². The van der Waals surface area contributed by atoms with Crippen molar-refractivity contribution in [3.63, 3.8) is 0 Å². The molecule has 1 N–H and O–H groups in total. The number of rotatable bonds is 7. The second-order valence-electron chi connectivity index (χ2n) is 4.51. The van der Waals surface area contributed by atoms with E-state index in [2.05, 4.69) is 4.74 Å². The van der Waals surface area contributed by atoms with Crippen LogP contribution in [0.3, 0.4) is 0 Å². The fourth-order valence-electron chi connectivity index (χ4n) is 1.73. The Balaban J connectivity index is 2.97. The monoisotopic (exact) mass is 321 g/mol. The van der Waals surface area contributed by atoms with Gasteiger partial charge in [0.15, 0.2) is 0 Å². The molecule has 1 aromatic heterocycles. The van der Waals surface area contributed by atoms with Crippen LogP contribution in [0.2, 0.25) is 0 Å². The molecule has 0 saturated heterocycles. The smallest absolute Gasteiger partial charge is 0.387 e. The van der Waals surface area contributed by atoms with Gasteiger partial charge in [-0.2, -0.15) is 8.78 Å². The van der Waals surface area contributed by atoms with E-state index >= 15 is 0 Å². The summed E-state index contributed by atoms with van der Waals surface area (Å²) in [7, 11) is 0. The molecule has 0 aliphatic heterocycles. The third-order valence-corrected chi connectivity index (χ3v) is 3.84. The number of carbonyl (C=O) groups excluding carboxylic acids is 1. The fourth-order valence-corrected chi connectivity index (χ4v) is 2.64. The first kappa shape index (κ1) is 17.4. The van der Waals surface area contributed by atoms with Gasteiger partial charge in [-0.25, -0.2) is 0 Å². The second kappa shape index (κ2) is 7.35. The Morgan fingerprint density at radius 1 is 1.48 bits per heavy atom. The Labute approximate surface area is 125 Å². The normalized spacial score (nSPS) is 12.3. The molecule has 1 atom stereocenters. The SMILES string of the molecule is CCN(C[C@@H](C)C(=O)O)C(=O)c1sc(C)cc1OC(F)F. The quantitative estimate of drug-likeness (QED) is 0.838. The number of hydrogen-bond acceptors (Lipinski definition) is 4. The van der Waals surface area contributed by atoms with Gasteiger partial charge in [0.2, 0.25) is 0 Å². The van der Waals surface area contributed by atoms with E-state index in [0.717, 1.165) is 11.3 Å². The van der Waals surface area contributed by atoms with Crippen molar-refractivity contribution in [1.82, 2.24) is 4.90 Å². The van der Waals surface area contributed by atoms with Crippen molar-refractivity contribution in [2.24, 2.45) is 5.92 Å². The van der Waals surface area contributed by atoms with Crippen LogP contribution in [0.5, 0.6) is 5.75 Å². The summed E-state index contributed by atoms with van der Waals surface area (Å²) in [6.07, 6.45) is 0. The molecule has 0 aromatic carbocycles. The predicted octanol–water partition coefficient (Wildman–Crippen LogP) is 2.84. The zero-order chi connectivity index (χ0) is 16.2. The number of aryl methyl sites for hydroxylation is 1. The highest BCUT2D eigenvalue weighted by atomic mass is 32.1. The number of carbonyl (C=O) groups is 2. The third-order valence-electron chi connectivity index (χ3n) is 2.82. The summed E-state index contributed by atoms with van der Waals surface area (Å²) >= 11 is 1.05. The van der Waals surface area contributed by atoms with Crippen LogP contribution in [0.4, 0.5) is 8.78 Å². The van der Waals surface area contributed by atoms with Crippen molar-refractivity contribution >= 4 is 23.2 Å². The standard InChI is InChI=1S/C13H17F2NO4S/c1-4-16(6-7(2)12(18)19)11(17)10-9(20-13(14)15)5-8(3)21-10/h5,7,13H,4,6H2,1-3H3,(H,18,19)/t7-/m1/s1. The van der Waals surface area contributed by atoms with Crippen LogP contribution < -0.4 is 4.74 Å². The summed E-state index contributed by atoms with van der Waals surface area (Å²) in [6.45, 7) is 2.13. The zero-order valence-electron chi connectivity index (χ0n) is 11.9. The maximum Gasteiger partial charge on any atom is 0.387 e. The summed E-state index contributed by atoms with van der Waals surface area (Å²) in [5, 5.41) is 8.90. The molecule has 5 nitrogen and oxygen atoms in total. The lowest BCUT2D eigenvalue weighted by Gasteiger charge is -2.22. The molecule has 0 unspecified atom stereocenters. The molecule has 0 fully saturated rings. The van der Waals surface area contributed by atoms with E-state index < -0.39 is 24.4 Å². The first-order valence-corrected chi connectivity index (χ1v) is 7.15. The highest BCUT2D eigenvalue weighted by Crippen LogP contribution is 2.31. The molecule has 0 aliphatic carbocycles. The van der Waals surface area contributed by atoms with E-state index in [1.54, 1.807) is 13.8 Å². The Kier molecular flexibility index (Phi) is 6.07. The van der Waals surface area contributed by atoms with E-state index in [9.17, 15) is 18.4 Å². The number of amides is 1. The molecule has 1 heterocycles. The van der Waals surface area contributed by atoms with Gasteiger partial charge in [-0.3, -0.25) is 9.59 Å². The Bertz CT molecular complexity index is 518. The Morgan fingerprint density at radius 2 is 2.10 bits per heavy atom. The number of aliphatic carboxylic acids is 1. The summed E-state index contributed by atoms with van der Waals surface area (Å²) in [6, 6.07) is 1.37. The molecule has 8 heteroatoms. The number of carboxylic acid groups (broad SMARTS) is 1. The van der Waals surface area contributed by atoms with Crippen molar-refractivity contribution in [2.75, 3.05) is 13.1 Å². The number of thiophene rings is 1. The molecule has 1 aromatic rings. The van der Waals surface area contributed by atoms with Crippen LogP contribution >= 0.6 is 11.3 Å². The highest BCUT2D eigenvalue weighted by molar-refractivity contribution is 7.14. The Hall–Kier alpha value is -1.70. The number of ether oxygens (including phenoxy) is 1. The number of carboxylic acids is 1. The van der Waals surface area contributed by atoms with Crippen LogP contribution in [0.25, 0.3) is 0 Å². The first-order chi connectivity index (χ1) is 9.76. The lowest BCUT2D eigenvalue weighted by molar-refractivity contribution is -0.141. The molecule has 0 saturated carbocycles. The number of halogens is 2. The lowest BCUT2D eigenvalue weighted by atomic mass is 10.1. The van der Waals surface area contributed by atoms with Crippen LogP contribution in [-0.2, 0) is 4.79 Å². The average molecular weight is 321 g/mol. The van der Waals surface area contributed by atoms with Gasteiger partial charge in [0.25, 0.3) is 5.91 Å². The molecule has 118 valence electrons. The molecular formula is C13H17F2NO4S.